The third-order valence-corrected chi connectivity index (χ3v) is 4.51. The summed E-state index contributed by atoms with van der Waals surface area (Å²) in [6.07, 6.45) is 2.73. The SMILES string of the molecule is O=C(/C=C/c1ccccc1[N+](=O)[O-])N1CCN(C(=O)Nc2ccc(F)cc2)CC1. The molecule has 1 heterocycles. The second kappa shape index (κ2) is 8.96. The summed E-state index contributed by atoms with van der Waals surface area (Å²) in [5, 5.41) is 13.7. The van der Waals surface area contributed by atoms with E-state index < -0.39 is 4.92 Å². The maximum Gasteiger partial charge on any atom is 0.321 e. The number of nitro benzene ring substituents is 1. The fourth-order valence-electron chi connectivity index (χ4n) is 2.93. The van der Waals surface area contributed by atoms with Gasteiger partial charge >= 0.3 is 6.03 Å². The second-order valence-electron chi connectivity index (χ2n) is 6.40. The largest absolute Gasteiger partial charge is 0.336 e. The van der Waals surface area contributed by atoms with Gasteiger partial charge in [0.15, 0.2) is 0 Å². The number of amides is 3. The minimum atomic E-state index is -0.497. The van der Waals surface area contributed by atoms with E-state index in [1.807, 2.05) is 0 Å². The lowest BCUT2D eigenvalue weighted by molar-refractivity contribution is -0.385. The predicted molar refractivity (Wildman–Crippen MR) is 106 cm³/mol. The lowest BCUT2D eigenvalue weighted by Crippen LogP contribution is -2.51. The zero-order chi connectivity index (χ0) is 20.8. The molecule has 2 aromatic carbocycles. The quantitative estimate of drug-likeness (QED) is 0.486. The van der Waals surface area contributed by atoms with Crippen LogP contribution in [-0.2, 0) is 4.79 Å². The lowest BCUT2D eigenvalue weighted by Gasteiger charge is -2.34. The molecule has 29 heavy (non-hydrogen) atoms. The van der Waals surface area contributed by atoms with Gasteiger partial charge in [-0.1, -0.05) is 12.1 Å². The number of hydrogen-bond donors (Lipinski definition) is 1. The molecule has 1 aliphatic rings. The Balaban J connectivity index is 1.53. The molecule has 0 atom stereocenters. The van der Waals surface area contributed by atoms with E-state index in [4.69, 9.17) is 0 Å². The summed E-state index contributed by atoms with van der Waals surface area (Å²) in [4.78, 5) is 38.3. The molecule has 1 aliphatic heterocycles. The molecule has 3 amide bonds. The van der Waals surface area contributed by atoms with Crippen LogP contribution < -0.4 is 5.32 Å². The van der Waals surface area contributed by atoms with Crippen LogP contribution in [0.15, 0.2) is 54.6 Å². The normalized spacial score (nSPS) is 14.1. The van der Waals surface area contributed by atoms with Crippen LogP contribution in [0, 0.1) is 15.9 Å². The molecule has 9 heteroatoms. The number of rotatable bonds is 4. The minimum absolute atomic E-state index is 0.0705. The first kappa shape index (κ1) is 20.0. The zero-order valence-corrected chi connectivity index (χ0v) is 15.5. The summed E-state index contributed by atoms with van der Waals surface area (Å²) in [5.41, 5.74) is 0.768. The number of para-hydroxylation sites is 1. The average molecular weight is 398 g/mol. The van der Waals surface area contributed by atoms with Gasteiger partial charge in [-0.05, 0) is 36.4 Å². The average Bonchev–Trinajstić information content (AvgIpc) is 2.74. The van der Waals surface area contributed by atoms with E-state index in [1.54, 1.807) is 28.0 Å². The van der Waals surface area contributed by atoms with E-state index in [1.165, 1.54) is 42.5 Å². The van der Waals surface area contributed by atoms with E-state index >= 15 is 0 Å². The number of nitrogens with zero attached hydrogens (tertiary/aromatic N) is 3. The van der Waals surface area contributed by atoms with Gasteiger partial charge in [0.2, 0.25) is 5.91 Å². The molecule has 3 rings (SSSR count). The maximum absolute atomic E-state index is 12.9. The molecule has 0 spiro atoms. The number of carbonyl (C=O) groups is 2. The van der Waals surface area contributed by atoms with Gasteiger partial charge in [0.25, 0.3) is 5.69 Å². The molecule has 0 radical (unpaired) electrons. The standard InChI is InChI=1S/C20H19FN4O4/c21-16-6-8-17(9-7-16)22-20(27)24-13-11-23(12-14-24)19(26)10-5-15-3-1-2-4-18(15)25(28)29/h1-10H,11-14H2,(H,22,27)/b10-5+. The number of benzene rings is 2. The van der Waals surface area contributed by atoms with Crippen LogP contribution in [-0.4, -0.2) is 52.8 Å². The fraction of sp³-hybridized carbons (Fsp3) is 0.200. The summed E-state index contributed by atoms with van der Waals surface area (Å²) in [6.45, 7) is 1.38. The predicted octanol–water partition coefficient (Wildman–Crippen LogP) is 3.12. The first-order chi connectivity index (χ1) is 13.9. The number of nitrogens with one attached hydrogen (secondary N) is 1. The van der Waals surface area contributed by atoms with Crippen LogP contribution >= 0.6 is 0 Å². The number of urea groups is 1. The van der Waals surface area contributed by atoms with Gasteiger partial charge in [0.1, 0.15) is 5.82 Å². The van der Waals surface area contributed by atoms with Crippen molar-refractivity contribution in [3.05, 3.63) is 76.1 Å². The Hall–Kier alpha value is -3.75. The Bertz CT molecular complexity index is 938. The highest BCUT2D eigenvalue weighted by Gasteiger charge is 2.23. The number of piperazine rings is 1. The second-order valence-corrected chi connectivity index (χ2v) is 6.40. The number of nitro groups is 1. The molecular weight excluding hydrogens is 379 g/mol. The molecule has 1 fully saturated rings. The van der Waals surface area contributed by atoms with Gasteiger partial charge in [-0.15, -0.1) is 0 Å². The van der Waals surface area contributed by atoms with Crippen molar-refractivity contribution in [1.82, 2.24) is 9.80 Å². The highest BCUT2D eigenvalue weighted by atomic mass is 19.1. The highest BCUT2D eigenvalue weighted by molar-refractivity contribution is 5.93. The first-order valence-corrected chi connectivity index (χ1v) is 8.96. The molecule has 2 aromatic rings. The molecule has 0 aromatic heterocycles. The van der Waals surface area contributed by atoms with Crippen molar-refractivity contribution < 1.29 is 18.9 Å². The molecule has 1 N–H and O–H groups in total. The van der Waals surface area contributed by atoms with E-state index in [2.05, 4.69) is 5.32 Å². The van der Waals surface area contributed by atoms with Crippen molar-refractivity contribution in [2.24, 2.45) is 0 Å². The Morgan fingerprint density at radius 1 is 1.00 bits per heavy atom. The van der Waals surface area contributed by atoms with Gasteiger partial charge < -0.3 is 15.1 Å². The summed E-state index contributed by atoms with van der Waals surface area (Å²) < 4.78 is 12.9. The van der Waals surface area contributed by atoms with Crippen LogP contribution in [0.1, 0.15) is 5.56 Å². The molecular formula is C20H19FN4O4. The molecule has 1 saturated heterocycles. The lowest BCUT2D eigenvalue weighted by atomic mass is 10.1. The number of carbonyl (C=O) groups excluding carboxylic acids is 2. The van der Waals surface area contributed by atoms with Gasteiger partial charge in [-0.25, -0.2) is 9.18 Å². The maximum atomic E-state index is 12.9. The number of anilines is 1. The molecule has 0 saturated carbocycles. The van der Waals surface area contributed by atoms with Crippen LogP contribution in [0.4, 0.5) is 20.6 Å². The number of hydrogen-bond acceptors (Lipinski definition) is 4. The summed E-state index contributed by atoms with van der Waals surface area (Å²) >= 11 is 0. The van der Waals surface area contributed by atoms with E-state index in [-0.39, 0.29) is 23.4 Å². The van der Waals surface area contributed by atoms with Gasteiger partial charge in [-0.3, -0.25) is 14.9 Å². The minimum Gasteiger partial charge on any atom is -0.336 e. The fourth-order valence-corrected chi connectivity index (χ4v) is 2.93. The number of halogens is 1. The third kappa shape index (κ3) is 5.16. The molecule has 150 valence electrons. The smallest absolute Gasteiger partial charge is 0.321 e. The molecule has 0 aliphatic carbocycles. The van der Waals surface area contributed by atoms with Gasteiger partial charge in [0, 0.05) is 44.0 Å². The Labute approximate surface area is 166 Å². The molecule has 0 unspecified atom stereocenters. The van der Waals surface area contributed by atoms with Crippen LogP contribution in [0.2, 0.25) is 0 Å². The van der Waals surface area contributed by atoms with E-state index in [0.29, 0.717) is 37.4 Å². The van der Waals surface area contributed by atoms with Crippen molar-refractivity contribution in [2.45, 2.75) is 0 Å². The molecule has 0 bridgehead atoms. The summed E-state index contributed by atoms with van der Waals surface area (Å²) in [7, 11) is 0. The van der Waals surface area contributed by atoms with Crippen molar-refractivity contribution in [3.8, 4) is 0 Å². The summed E-state index contributed by atoms with van der Waals surface area (Å²) in [5.74, 6) is -0.661. The topological polar surface area (TPSA) is 95.8 Å². The summed E-state index contributed by atoms with van der Waals surface area (Å²) in [6, 6.07) is 11.3. The molecule has 8 nitrogen and oxygen atoms in total. The van der Waals surface area contributed by atoms with Gasteiger partial charge in [0.05, 0.1) is 10.5 Å². The Kier molecular flexibility index (Phi) is 6.18. The van der Waals surface area contributed by atoms with Crippen LogP contribution in [0.5, 0.6) is 0 Å². The van der Waals surface area contributed by atoms with Crippen LogP contribution in [0.25, 0.3) is 6.08 Å². The van der Waals surface area contributed by atoms with Crippen molar-refractivity contribution in [2.75, 3.05) is 31.5 Å². The first-order valence-electron chi connectivity index (χ1n) is 8.96. The van der Waals surface area contributed by atoms with Crippen molar-refractivity contribution >= 4 is 29.4 Å². The highest BCUT2D eigenvalue weighted by Crippen LogP contribution is 2.19. The van der Waals surface area contributed by atoms with E-state index in [9.17, 15) is 24.1 Å². The van der Waals surface area contributed by atoms with Crippen LogP contribution in [0.3, 0.4) is 0 Å². The monoisotopic (exact) mass is 398 g/mol. The van der Waals surface area contributed by atoms with Gasteiger partial charge in [-0.2, -0.15) is 0 Å². The Morgan fingerprint density at radius 3 is 2.28 bits per heavy atom. The zero-order valence-electron chi connectivity index (χ0n) is 15.5. The Morgan fingerprint density at radius 2 is 1.62 bits per heavy atom. The van der Waals surface area contributed by atoms with E-state index in [0.717, 1.165) is 0 Å². The van der Waals surface area contributed by atoms with Crippen molar-refractivity contribution in [1.29, 1.82) is 0 Å². The third-order valence-electron chi connectivity index (χ3n) is 4.51. The van der Waals surface area contributed by atoms with Crippen molar-refractivity contribution in [3.63, 3.8) is 0 Å².